The third-order valence-electron chi connectivity index (χ3n) is 14.5. The van der Waals surface area contributed by atoms with Gasteiger partial charge in [-0.15, -0.1) is 0 Å². The molecule has 454 valence electrons. The number of carbonyl (C=O) groups is 3. The van der Waals surface area contributed by atoms with Gasteiger partial charge in [-0.1, -0.05) is 285 Å². The van der Waals surface area contributed by atoms with Crippen LogP contribution in [0, 0.1) is 0 Å². The normalized spacial score (nSPS) is 12.7. The molecule has 0 spiro atoms. The van der Waals surface area contributed by atoms with Gasteiger partial charge in [0.25, 0.3) is 0 Å². The molecule has 0 amide bonds. The molecule has 6 nitrogen and oxygen atoms in total. The number of unbranched alkanes of at least 4 members (excludes halogenated alkanes) is 34. The topological polar surface area (TPSA) is 78.9 Å². The van der Waals surface area contributed by atoms with Gasteiger partial charge in [0.1, 0.15) is 13.2 Å². The van der Waals surface area contributed by atoms with Crippen molar-refractivity contribution in [3.63, 3.8) is 0 Å². The van der Waals surface area contributed by atoms with Gasteiger partial charge in [-0.05, 0) is 122 Å². The van der Waals surface area contributed by atoms with Crippen molar-refractivity contribution in [2.45, 2.75) is 335 Å². The van der Waals surface area contributed by atoms with Crippen molar-refractivity contribution in [1.82, 2.24) is 0 Å². The zero-order valence-corrected chi connectivity index (χ0v) is 52.1. The summed E-state index contributed by atoms with van der Waals surface area (Å²) < 4.78 is 16.9. The molecule has 0 aromatic heterocycles. The van der Waals surface area contributed by atoms with Crippen molar-refractivity contribution < 1.29 is 28.6 Å². The van der Waals surface area contributed by atoms with Crippen molar-refractivity contribution in [2.24, 2.45) is 0 Å². The van der Waals surface area contributed by atoms with Crippen LogP contribution >= 0.6 is 0 Å². The summed E-state index contributed by atoms with van der Waals surface area (Å²) in [6, 6.07) is 0. The summed E-state index contributed by atoms with van der Waals surface area (Å²) in [6.07, 6.45) is 89.9. The van der Waals surface area contributed by atoms with E-state index in [1.165, 1.54) is 161 Å². The van der Waals surface area contributed by atoms with E-state index >= 15 is 0 Å². The van der Waals surface area contributed by atoms with E-state index < -0.39 is 6.10 Å². The molecule has 79 heavy (non-hydrogen) atoms. The lowest BCUT2D eigenvalue weighted by molar-refractivity contribution is -0.167. The Labute approximate surface area is 489 Å². The number of hydrogen-bond donors (Lipinski definition) is 0. The van der Waals surface area contributed by atoms with Gasteiger partial charge in [-0.3, -0.25) is 14.4 Å². The standard InChI is InChI=1S/C73H126O6/c1-4-7-10-13-16-19-22-25-28-31-32-33-34-35-36-37-38-39-40-41-42-43-46-48-51-54-57-60-63-66-72(75)78-69-70(79-73(76)67-64-61-58-55-52-49-45-30-27-24-21-18-15-12-9-6-3)68-77-71(74)65-62-59-56-53-50-47-44-29-26-23-20-17-14-11-8-5-2/h7,10,16,19-21,23-25,28-30,32-33,44-45,70H,4-6,8-9,11-15,17-18,22,26-27,31,34-43,46-69H2,1-3H3/b10-7-,19-16-,23-20-,24-21-,28-25-,33-32-,44-29-,45-30-. The second-order valence-corrected chi connectivity index (χ2v) is 22.3. The lowest BCUT2D eigenvalue weighted by atomic mass is 10.0. The van der Waals surface area contributed by atoms with Crippen molar-refractivity contribution >= 4 is 17.9 Å². The Morgan fingerprint density at radius 2 is 0.494 bits per heavy atom. The Bertz CT molecular complexity index is 1540. The van der Waals surface area contributed by atoms with Gasteiger partial charge in [0, 0.05) is 19.3 Å². The van der Waals surface area contributed by atoms with Crippen molar-refractivity contribution in [3.05, 3.63) is 97.2 Å². The first-order valence-corrected chi connectivity index (χ1v) is 33.7. The molecule has 1 unspecified atom stereocenters. The van der Waals surface area contributed by atoms with Crippen LogP contribution in [0.5, 0.6) is 0 Å². The summed E-state index contributed by atoms with van der Waals surface area (Å²) in [7, 11) is 0. The minimum absolute atomic E-state index is 0.0857. The van der Waals surface area contributed by atoms with Crippen LogP contribution in [0.15, 0.2) is 97.2 Å². The third kappa shape index (κ3) is 65.0. The van der Waals surface area contributed by atoms with E-state index in [4.69, 9.17) is 14.2 Å². The van der Waals surface area contributed by atoms with Gasteiger partial charge in [0.15, 0.2) is 6.10 Å². The summed E-state index contributed by atoms with van der Waals surface area (Å²) in [5.74, 6) is -0.901. The van der Waals surface area contributed by atoms with Crippen LogP contribution in [-0.4, -0.2) is 37.2 Å². The molecule has 0 fully saturated rings. The van der Waals surface area contributed by atoms with E-state index in [2.05, 4.69) is 118 Å². The lowest BCUT2D eigenvalue weighted by Crippen LogP contribution is -2.30. The number of esters is 3. The fourth-order valence-electron chi connectivity index (χ4n) is 9.50. The van der Waals surface area contributed by atoms with Gasteiger partial charge >= 0.3 is 17.9 Å². The van der Waals surface area contributed by atoms with Crippen LogP contribution in [0.3, 0.4) is 0 Å². The van der Waals surface area contributed by atoms with E-state index in [1.54, 1.807) is 0 Å². The molecular weight excluding hydrogens is 973 g/mol. The van der Waals surface area contributed by atoms with Crippen LogP contribution in [0.4, 0.5) is 0 Å². The highest BCUT2D eigenvalue weighted by Crippen LogP contribution is 2.17. The van der Waals surface area contributed by atoms with Gasteiger partial charge < -0.3 is 14.2 Å². The highest BCUT2D eigenvalue weighted by molar-refractivity contribution is 5.71. The number of rotatable bonds is 61. The Kier molecular flexibility index (Phi) is 63.7. The molecule has 0 bridgehead atoms. The Balaban J connectivity index is 4.28. The Morgan fingerprint density at radius 1 is 0.266 bits per heavy atom. The molecule has 0 saturated heterocycles. The summed E-state index contributed by atoms with van der Waals surface area (Å²) in [5, 5.41) is 0. The molecule has 0 aromatic rings. The average molecular weight is 1100 g/mol. The van der Waals surface area contributed by atoms with Gasteiger partial charge in [-0.2, -0.15) is 0 Å². The highest BCUT2D eigenvalue weighted by Gasteiger charge is 2.19. The SMILES string of the molecule is CC/C=C\C/C=C\C/C=C\C/C=C\CCCCCCCCCCCCCCCCCCC(=O)OCC(COC(=O)CCCCCCC/C=C\C/C=C\CCCCCC)OC(=O)CCCCCCC/C=C\C/C=C\CCCCCC. The molecule has 6 heteroatoms. The van der Waals surface area contributed by atoms with Crippen LogP contribution < -0.4 is 0 Å². The fraction of sp³-hybridized carbons (Fsp3) is 0.740. The van der Waals surface area contributed by atoms with E-state index in [1.807, 2.05) is 0 Å². The van der Waals surface area contributed by atoms with Crippen molar-refractivity contribution in [3.8, 4) is 0 Å². The van der Waals surface area contributed by atoms with Gasteiger partial charge in [-0.25, -0.2) is 0 Å². The molecular formula is C73H126O6. The molecule has 0 radical (unpaired) electrons. The minimum Gasteiger partial charge on any atom is -0.462 e. The second kappa shape index (κ2) is 66.8. The second-order valence-electron chi connectivity index (χ2n) is 22.3. The molecule has 0 rings (SSSR count). The lowest BCUT2D eigenvalue weighted by Gasteiger charge is -2.18. The van der Waals surface area contributed by atoms with Gasteiger partial charge in [0.2, 0.25) is 0 Å². The molecule has 0 N–H and O–H groups in total. The number of allylic oxidation sites excluding steroid dienone is 16. The first kappa shape index (κ1) is 75.3. The quantitative estimate of drug-likeness (QED) is 0.0261. The number of hydrogen-bond acceptors (Lipinski definition) is 6. The van der Waals surface area contributed by atoms with Crippen LogP contribution in [0.2, 0.25) is 0 Å². The highest BCUT2D eigenvalue weighted by atomic mass is 16.6. The Morgan fingerprint density at radius 3 is 0.772 bits per heavy atom. The van der Waals surface area contributed by atoms with E-state index in [9.17, 15) is 14.4 Å². The summed E-state index contributed by atoms with van der Waals surface area (Å²) in [4.78, 5) is 38.4. The van der Waals surface area contributed by atoms with Crippen LogP contribution in [0.1, 0.15) is 329 Å². The first-order chi connectivity index (χ1) is 39.0. The van der Waals surface area contributed by atoms with E-state index in [0.717, 1.165) is 128 Å². The van der Waals surface area contributed by atoms with Crippen LogP contribution in [0.25, 0.3) is 0 Å². The van der Waals surface area contributed by atoms with Gasteiger partial charge in [0.05, 0.1) is 0 Å². The first-order valence-electron chi connectivity index (χ1n) is 33.7. The summed E-state index contributed by atoms with van der Waals surface area (Å²) in [6.45, 7) is 6.50. The maximum absolute atomic E-state index is 12.9. The van der Waals surface area contributed by atoms with E-state index in [-0.39, 0.29) is 31.1 Å². The maximum atomic E-state index is 12.9. The predicted octanol–water partition coefficient (Wildman–Crippen LogP) is 23.2. The predicted molar refractivity (Wildman–Crippen MR) is 344 cm³/mol. The van der Waals surface area contributed by atoms with Crippen molar-refractivity contribution in [1.29, 1.82) is 0 Å². The fourth-order valence-corrected chi connectivity index (χ4v) is 9.50. The zero-order chi connectivity index (χ0) is 57.1. The molecule has 0 saturated carbocycles. The average Bonchev–Trinajstić information content (AvgIpc) is 3.45. The number of carbonyl (C=O) groups excluding carboxylic acids is 3. The molecule has 0 aliphatic carbocycles. The Hall–Kier alpha value is -3.67. The molecule has 0 aromatic carbocycles. The molecule has 1 atom stereocenters. The molecule has 0 heterocycles. The molecule has 0 aliphatic heterocycles. The van der Waals surface area contributed by atoms with Crippen LogP contribution in [-0.2, 0) is 28.6 Å². The largest absolute Gasteiger partial charge is 0.462 e. The zero-order valence-electron chi connectivity index (χ0n) is 52.1. The smallest absolute Gasteiger partial charge is 0.306 e. The van der Waals surface area contributed by atoms with E-state index in [0.29, 0.717) is 19.3 Å². The number of ether oxygens (including phenoxy) is 3. The minimum atomic E-state index is -0.791. The molecule has 0 aliphatic rings. The monoisotopic (exact) mass is 1100 g/mol. The third-order valence-corrected chi connectivity index (χ3v) is 14.5. The summed E-state index contributed by atoms with van der Waals surface area (Å²) in [5.41, 5.74) is 0. The summed E-state index contributed by atoms with van der Waals surface area (Å²) >= 11 is 0. The maximum Gasteiger partial charge on any atom is 0.306 e. The van der Waals surface area contributed by atoms with Crippen molar-refractivity contribution in [2.75, 3.05) is 13.2 Å².